The molecule has 0 unspecified atom stereocenters. The van der Waals surface area contributed by atoms with E-state index in [1.807, 2.05) is 13.8 Å². The van der Waals surface area contributed by atoms with Crippen LogP contribution in [0.2, 0.25) is 5.02 Å². The second-order valence-corrected chi connectivity index (χ2v) is 6.26. The van der Waals surface area contributed by atoms with Crippen molar-refractivity contribution in [3.05, 3.63) is 47.4 Å². The number of hydrogen-bond donors (Lipinski definition) is 3. The van der Waals surface area contributed by atoms with E-state index in [0.29, 0.717) is 28.7 Å². The molecule has 0 bridgehead atoms. The van der Waals surface area contributed by atoms with E-state index in [4.69, 9.17) is 21.8 Å². The Bertz CT molecular complexity index is 714. The van der Waals surface area contributed by atoms with Crippen LogP contribution in [0.3, 0.4) is 0 Å². The van der Waals surface area contributed by atoms with Crippen molar-refractivity contribution < 1.29 is 14.0 Å². The molecule has 7 heteroatoms. The van der Waals surface area contributed by atoms with Crippen molar-refractivity contribution in [2.75, 3.05) is 10.6 Å². The third kappa shape index (κ3) is 4.84. The van der Waals surface area contributed by atoms with Gasteiger partial charge < -0.3 is 20.8 Å². The van der Waals surface area contributed by atoms with Crippen LogP contribution < -0.4 is 16.4 Å². The van der Waals surface area contributed by atoms with Gasteiger partial charge in [0, 0.05) is 5.69 Å². The largest absolute Gasteiger partial charge is 0.459 e. The Morgan fingerprint density at radius 2 is 2.00 bits per heavy atom. The van der Waals surface area contributed by atoms with E-state index in [2.05, 4.69) is 10.6 Å². The third-order valence-electron chi connectivity index (χ3n) is 3.29. The molecule has 4 N–H and O–H groups in total. The van der Waals surface area contributed by atoms with Crippen LogP contribution >= 0.6 is 11.6 Å². The summed E-state index contributed by atoms with van der Waals surface area (Å²) in [5.74, 6) is -0.165. The summed E-state index contributed by atoms with van der Waals surface area (Å²) in [6.07, 6.45) is 2.01. The Labute approximate surface area is 145 Å². The van der Waals surface area contributed by atoms with Gasteiger partial charge in [0.1, 0.15) is 0 Å². The Morgan fingerprint density at radius 3 is 2.58 bits per heavy atom. The lowest BCUT2D eigenvalue weighted by atomic mass is 10.0. The molecular formula is C17H20ClN3O3. The second-order valence-electron chi connectivity index (χ2n) is 5.85. The van der Waals surface area contributed by atoms with E-state index in [9.17, 15) is 9.59 Å². The number of carbonyl (C=O) groups is 2. The number of rotatable bonds is 6. The molecule has 0 aliphatic heterocycles. The highest BCUT2D eigenvalue weighted by Crippen LogP contribution is 2.26. The highest BCUT2D eigenvalue weighted by molar-refractivity contribution is 6.34. The molecule has 2 amide bonds. The summed E-state index contributed by atoms with van der Waals surface area (Å²) in [6, 6.07) is 7.39. The molecule has 0 saturated carbocycles. The predicted octanol–water partition coefficient (Wildman–Crippen LogP) is 3.50. The van der Waals surface area contributed by atoms with E-state index < -0.39 is 11.9 Å². The molecule has 0 aliphatic carbocycles. The fourth-order valence-electron chi connectivity index (χ4n) is 2.14. The number of anilines is 2. The normalized spacial score (nSPS) is 12.0. The van der Waals surface area contributed by atoms with Crippen LogP contribution in [0.1, 0.15) is 30.8 Å². The van der Waals surface area contributed by atoms with Gasteiger partial charge in [0.15, 0.2) is 5.76 Å². The number of hydrogen-bond acceptors (Lipinski definition) is 4. The zero-order valence-corrected chi connectivity index (χ0v) is 14.3. The molecule has 0 radical (unpaired) electrons. The first-order valence-corrected chi connectivity index (χ1v) is 7.95. The molecule has 6 nitrogen and oxygen atoms in total. The first kappa shape index (κ1) is 18.0. The molecule has 128 valence electrons. The summed E-state index contributed by atoms with van der Waals surface area (Å²) in [5.41, 5.74) is 6.77. The molecule has 0 saturated heterocycles. The molecule has 0 spiro atoms. The maximum Gasteiger partial charge on any atom is 0.291 e. The number of nitrogens with one attached hydrogen (secondary N) is 2. The van der Waals surface area contributed by atoms with E-state index in [1.165, 1.54) is 6.26 Å². The van der Waals surface area contributed by atoms with E-state index >= 15 is 0 Å². The summed E-state index contributed by atoms with van der Waals surface area (Å²) in [4.78, 5) is 23.9. The standard InChI is InChI=1S/C17H20ClN3O3/c1-10(2)8-13(19)16(22)20-11-5-6-14(12(18)9-11)21-17(23)15-4-3-7-24-15/h3-7,9-10,13H,8,19H2,1-2H3,(H,20,22)(H,21,23)/t13-/m0/s1. The van der Waals surface area contributed by atoms with Crippen LogP contribution in [0.5, 0.6) is 0 Å². The van der Waals surface area contributed by atoms with Gasteiger partial charge in [-0.15, -0.1) is 0 Å². The van der Waals surface area contributed by atoms with Crippen molar-refractivity contribution in [1.82, 2.24) is 0 Å². The molecule has 0 aliphatic rings. The Morgan fingerprint density at radius 1 is 1.25 bits per heavy atom. The topological polar surface area (TPSA) is 97.4 Å². The third-order valence-corrected chi connectivity index (χ3v) is 3.60. The van der Waals surface area contributed by atoms with Crippen molar-refractivity contribution in [3.63, 3.8) is 0 Å². The summed E-state index contributed by atoms with van der Waals surface area (Å²) >= 11 is 6.15. The summed E-state index contributed by atoms with van der Waals surface area (Å²) in [5, 5.41) is 5.65. The van der Waals surface area contributed by atoms with Crippen molar-refractivity contribution in [1.29, 1.82) is 0 Å². The fourth-order valence-corrected chi connectivity index (χ4v) is 2.36. The zero-order chi connectivity index (χ0) is 17.7. The molecular weight excluding hydrogens is 330 g/mol. The van der Waals surface area contributed by atoms with Gasteiger partial charge in [-0.2, -0.15) is 0 Å². The van der Waals surface area contributed by atoms with Crippen LogP contribution in [0.25, 0.3) is 0 Å². The van der Waals surface area contributed by atoms with Crippen LogP contribution in [0, 0.1) is 5.92 Å². The average molecular weight is 350 g/mol. The number of amides is 2. The Kier molecular flexibility index (Phi) is 6.00. The van der Waals surface area contributed by atoms with Crippen molar-refractivity contribution in [2.24, 2.45) is 11.7 Å². The van der Waals surface area contributed by atoms with Gasteiger partial charge in [0.2, 0.25) is 5.91 Å². The lowest BCUT2D eigenvalue weighted by molar-refractivity contribution is -0.117. The molecule has 1 aromatic heterocycles. The molecule has 1 heterocycles. The van der Waals surface area contributed by atoms with Crippen LogP contribution in [0.4, 0.5) is 11.4 Å². The maximum atomic E-state index is 12.0. The highest BCUT2D eigenvalue weighted by Gasteiger charge is 2.16. The number of halogens is 1. The average Bonchev–Trinajstić information content (AvgIpc) is 3.03. The maximum absolute atomic E-state index is 12.0. The minimum atomic E-state index is -0.581. The molecule has 0 fully saturated rings. The van der Waals surface area contributed by atoms with Crippen molar-refractivity contribution in [3.8, 4) is 0 Å². The molecule has 2 aromatic rings. The quantitative estimate of drug-likeness (QED) is 0.743. The predicted molar refractivity (Wildman–Crippen MR) is 94.2 cm³/mol. The number of benzene rings is 1. The van der Waals surface area contributed by atoms with Gasteiger partial charge in [-0.05, 0) is 42.7 Å². The summed E-state index contributed by atoms with van der Waals surface area (Å²) < 4.78 is 5.02. The van der Waals surface area contributed by atoms with Gasteiger partial charge in [0.05, 0.1) is 23.0 Å². The lowest BCUT2D eigenvalue weighted by Gasteiger charge is -2.15. The number of carbonyl (C=O) groups excluding carboxylic acids is 2. The first-order chi connectivity index (χ1) is 11.4. The van der Waals surface area contributed by atoms with Gasteiger partial charge >= 0.3 is 0 Å². The summed E-state index contributed by atoms with van der Waals surface area (Å²) in [6.45, 7) is 4.00. The van der Waals surface area contributed by atoms with Gasteiger partial charge in [-0.1, -0.05) is 25.4 Å². The van der Waals surface area contributed by atoms with E-state index in [0.717, 1.165) is 0 Å². The highest BCUT2D eigenvalue weighted by atomic mass is 35.5. The monoisotopic (exact) mass is 349 g/mol. The Hall–Kier alpha value is -2.31. The lowest BCUT2D eigenvalue weighted by Crippen LogP contribution is -2.36. The Balaban J connectivity index is 2.01. The van der Waals surface area contributed by atoms with Crippen LogP contribution in [-0.4, -0.2) is 17.9 Å². The van der Waals surface area contributed by atoms with Crippen molar-refractivity contribution in [2.45, 2.75) is 26.3 Å². The summed E-state index contributed by atoms with van der Waals surface area (Å²) in [7, 11) is 0. The van der Waals surface area contributed by atoms with Gasteiger partial charge in [-0.25, -0.2) is 0 Å². The number of nitrogens with two attached hydrogens (primary N) is 1. The van der Waals surface area contributed by atoms with Gasteiger partial charge in [-0.3, -0.25) is 9.59 Å². The van der Waals surface area contributed by atoms with Crippen molar-refractivity contribution >= 4 is 34.8 Å². The second kappa shape index (κ2) is 7.99. The molecule has 24 heavy (non-hydrogen) atoms. The minimum absolute atomic E-state index is 0.183. The smallest absolute Gasteiger partial charge is 0.291 e. The van der Waals surface area contributed by atoms with E-state index in [1.54, 1.807) is 30.3 Å². The molecule has 2 rings (SSSR count). The van der Waals surface area contributed by atoms with Gasteiger partial charge in [0.25, 0.3) is 5.91 Å². The molecule has 1 aromatic carbocycles. The first-order valence-electron chi connectivity index (χ1n) is 7.57. The van der Waals surface area contributed by atoms with E-state index in [-0.39, 0.29) is 11.7 Å². The minimum Gasteiger partial charge on any atom is -0.459 e. The number of furan rings is 1. The molecule has 1 atom stereocenters. The fraction of sp³-hybridized carbons (Fsp3) is 0.294. The SMILES string of the molecule is CC(C)C[C@H](N)C(=O)Nc1ccc(NC(=O)c2ccco2)c(Cl)c1. The van der Waals surface area contributed by atoms with Crippen LogP contribution in [0.15, 0.2) is 41.0 Å². The van der Waals surface area contributed by atoms with Crippen LogP contribution in [-0.2, 0) is 4.79 Å². The zero-order valence-electron chi connectivity index (χ0n) is 13.5.